The SMILES string of the molecule is Cc1cc(C#CCCl)cc(Cl)c1N. The number of anilines is 1. The van der Waals surface area contributed by atoms with Crippen LogP contribution in [0.25, 0.3) is 0 Å². The third-order valence-electron chi connectivity index (χ3n) is 1.64. The second kappa shape index (κ2) is 4.41. The molecule has 0 saturated carbocycles. The number of aryl methyl sites for hydroxylation is 1. The molecule has 2 N–H and O–H groups in total. The highest BCUT2D eigenvalue weighted by Crippen LogP contribution is 2.23. The maximum absolute atomic E-state index is 5.87. The molecule has 0 aliphatic heterocycles. The topological polar surface area (TPSA) is 26.0 Å². The molecule has 3 heteroatoms. The van der Waals surface area contributed by atoms with E-state index in [4.69, 9.17) is 28.9 Å². The Balaban J connectivity index is 3.13. The summed E-state index contributed by atoms with van der Waals surface area (Å²) in [6.45, 7) is 1.90. The van der Waals surface area contributed by atoms with Crippen molar-refractivity contribution in [3.63, 3.8) is 0 Å². The summed E-state index contributed by atoms with van der Waals surface area (Å²) in [6.07, 6.45) is 0. The van der Waals surface area contributed by atoms with Gasteiger partial charge in [0, 0.05) is 5.56 Å². The summed E-state index contributed by atoms with van der Waals surface area (Å²) in [7, 11) is 0. The zero-order valence-corrected chi connectivity index (χ0v) is 8.71. The van der Waals surface area contributed by atoms with Gasteiger partial charge in [0.2, 0.25) is 0 Å². The van der Waals surface area contributed by atoms with Crippen LogP contribution in [0.3, 0.4) is 0 Å². The second-order valence-corrected chi connectivity index (χ2v) is 3.30. The van der Waals surface area contributed by atoms with Crippen molar-refractivity contribution in [2.45, 2.75) is 6.92 Å². The largest absolute Gasteiger partial charge is 0.397 e. The standard InChI is InChI=1S/C10H9Cl2N/c1-7-5-8(3-2-4-11)6-9(12)10(7)13/h5-6H,4,13H2,1H3. The van der Waals surface area contributed by atoms with E-state index in [1.807, 2.05) is 13.0 Å². The number of nitrogens with two attached hydrogens (primary N) is 1. The lowest BCUT2D eigenvalue weighted by molar-refractivity contribution is 1.45. The van der Waals surface area contributed by atoms with Gasteiger partial charge in [0.15, 0.2) is 0 Å². The summed E-state index contributed by atoms with van der Waals surface area (Å²) in [6, 6.07) is 3.63. The molecule has 0 spiro atoms. The number of rotatable bonds is 0. The maximum atomic E-state index is 5.87. The van der Waals surface area contributed by atoms with Gasteiger partial charge in [0.05, 0.1) is 16.6 Å². The Kier molecular flexibility index (Phi) is 3.48. The molecule has 13 heavy (non-hydrogen) atoms. The van der Waals surface area contributed by atoms with E-state index in [0.717, 1.165) is 11.1 Å². The molecule has 0 aromatic heterocycles. The molecule has 0 bridgehead atoms. The van der Waals surface area contributed by atoms with Gasteiger partial charge in [0.25, 0.3) is 0 Å². The first kappa shape index (κ1) is 10.2. The number of hydrogen-bond donors (Lipinski definition) is 1. The normalized spacial score (nSPS) is 9.15. The highest BCUT2D eigenvalue weighted by atomic mass is 35.5. The lowest BCUT2D eigenvalue weighted by atomic mass is 10.1. The van der Waals surface area contributed by atoms with Crippen LogP contribution in [0.15, 0.2) is 12.1 Å². The molecule has 68 valence electrons. The van der Waals surface area contributed by atoms with Gasteiger partial charge >= 0.3 is 0 Å². The third-order valence-corrected chi connectivity index (χ3v) is 2.08. The predicted octanol–water partition coefficient (Wildman–Crippen LogP) is 2.82. The minimum atomic E-state index is 0.320. The zero-order chi connectivity index (χ0) is 9.84. The molecule has 0 unspecified atom stereocenters. The van der Waals surface area contributed by atoms with E-state index in [2.05, 4.69) is 11.8 Å². The Morgan fingerprint density at radius 2 is 2.15 bits per heavy atom. The summed E-state index contributed by atoms with van der Waals surface area (Å²) in [5.74, 6) is 5.96. The summed E-state index contributed by atoms with van der Waals surface area (Å²) in [5, 5.41) is 0.541. The van der Waals surface area contributed by atoms with Gasteiger partial charge in [-0.1, -0.05) is 23.4 Å². The molecule has 0 saturated heterocycles. The molecule has 0 fully saturated rings. The van der Waals surface area contributed by atoms with Gasteiger partial charge in [-0.2, -0.15) is 0 Å². The van der Waals surface area contributed by atoms with E-state index < -0.39 is 0 Å². The van der Waals surface area contributed by atoms with E-state index in [9.17, 15) is 0 Å². The molecule has 1 nitrogen and oxygen atoms in total. The average molecular weight is 214 g/mol. The number of hydrogen-bond acceptors (Lipinski definition) is 1. The van der Waals surface area contributed by atoms with Gasteiger partial charge in [0.1, 0.15) is 0 Å². The second-order valence-electron chi connectivity index (χ2n) is 2.62. The van der Waals surface area contributed by atoms with E-state index in [1.165, 1.54) is 0 Å². The minimum absolute atomic E-state index is 0.320. The van der Waals surface area contributed by atoms with E-state index in [-0.39, 0.29) is 0 Å². The monoisotopic (exact) mass is 213 g/mol. The van der Waals surface area contributed by atoms with Crippen LogP contribution in [-0.4, -0.2) is 5.88 Å². The van der Waals surface area contributed by atoms with Crippen molar-refractivity contribution in [3.8, 4) is 11.8 Å². The Hall–Kier alpha value is -0.840. The van der Waals surface area contributed by atoms with Crippen molar-refractivity contribution in [2.24, 2.45) is 0 Å². The van der Waals surface area contributed by atoms with E-state index >= 15 is 0 Å². The van der Waals surface area contributed by atoms with Crippen LogP contribution in [0.1, 0.15) is 11.1 Å². The van der Waals surface area contributed by atoms with Crippen molar-refractivity contribution >= 4 is 28.9 Å². The molecule has 0 aliphatic rings. The summed E-state index contributed by atoms with van der Waals surface area (Å²) in [4.78, 5) is 0. The van der Waals surface area contributed by atoms with Crippen LogP contribution in [-0.2, 0) is 0 Å². The molecular weight excluding hydrogens is 205 g/mol. The van der Waals surface area contributed by atoms with Gasteiger partial charge < -0.3 is 5.73 Å². The predicted molar refractivity (Wildman–Crippen MR) is 58.2 cm³/mol. The summed E-state index contributed by atoms with van der Waals surface area (Å²) in [5.41, 5.74) is 8.06. The lowest BCUT2D eigenvalue weighted by Crippen LogP contribution is -1.91. The van der Waals surface area contributed by atoms with E-state index in [0.29, 0.717) is 16.6 Å². The van der Waals surface area contributed by atoms with Crippen LogP contribution in [0.2, 0.25) is 5.02 Å². The summed E-state index contributed by atoms with van der Waals surface area (Å²) >= 11 is 11.3. The highest BCUT2D eigenvalue weighted by Gasteiger charge is 2.00. The Labute approximate surface area is 87.8 Å². The van der Waals surface area contributed by atoms with Gasteiger partial charge in [-0.15, -0.1) is 11.6 Å². The van der Waals surface area contributed by atoms with Crippen molar-refractivity contribution < 1.29 is 0 Å². The first-order valence-electron chi connectivity index (χ1n) is 3.75. The van der Waals surface area contributed by atoms with Crippen LogP contribution in [0, 0.1) is 18.8 Å². The third kappa shape index (κ3) is 2.55. The van der Waals surface area contributed by atoms with Gasteiger partial charge in [-0.25, -0.2) is 0 Å². The highest BCUT2D eigenvalue weighted by molar-refractivity contribution is 6.33. The Morgan fingerprint density at radius 1 is 1.46 bits per heavy atom. The molecule has 0 atom stereocenters. The Morgan fingerprint density at radius 3 is 2.69 bits per heavy atom. The fraction of sp³-hybridized carbons (Fsp3) is 0.200. The molecule has 0 radical (unpaired) electrons. The fourth-order valence-electron chi connectivity index (χ4n) is 0.963. The van der Waals surface area contributed by atoms with Crippen LogP contribution >= 0.6 is 23.2 Å². The number of alkyl halides is 1. The molecular formula is C10H9Cl2N. The first-order valence-corrected chi connectivity index (χ1v) is 4.67. The average Bonchev–Trinajstić information content (AvgIpc) is 2.10. The van der Waals surface area contributed by atoms with Crippen LogP contribution in [0.5, 0.6) is 0 Å². The minimum Gasteiger partial charge on any atom is -0.397 e. The molecule has 0 aliphatic carbocycles. The smallest absolute Gasteiger partial charge is 0.0839 e. The first-order chi connectivity index (χ1) is 6.15. The van der Waals surface area contributed by atoms with Crippen molar-refractivity contribution in [2.75, 3.05) is 11.6 Å². The van der Waals surface area contributed by atoms with Crippen molar-refractivity contribution in [3.05, 3.63) is 28.3 Å². The Bertz CT molecular complexity index is 351. The maximum Gasteiger partial charge on any atom is 0.0839 e. The van der Waals surface area contributed by atoms with Crippen LogP contribution < -0.4 is 5.73 Å². The molecule has 0 heterocycles. The fourth-order valence-corrected chi connectivity index (χ4v) is 1.30. The molecule has 1 aromatic carbocycles. The van der Waals surface area contributed by atoms with Crippen molar-refractivity contribution in [1.29, 1.82) is 0 Å². The zero-order valence-electron chi connectivity index (χ0n) is 7.20. The van der Waals surface area contributed by atoms with Crippen LogP contribution in [0.4, 0.5) is 5.69 Å². The van der Waals surface area contributed by atoms with Crippen molar-refractivity contribution in [1.82, 2.24) is 0 Å². The van der Waals surface area contributed by atoms with Gasteiger partial charge in [-0.3, -0.25) is 0 Å². The quantitative estimate of drug-likeness (QED) is 0.401. The lowest BCUT2D eigenvalue weighted by Gasteiger charge is -2.02. The number of benzene rings is 1. The molecule has 1 rings (SSSR count). The number of nitrogen functional groups attached to an aromatic ring is 1. The number of halogens is 2. The van der Waals surface area contributed by atoms with Gasteiger partial charge in [-0.05, 0) is 24.6 Å². The summed E-state index contributed by atoms with van der Waals surface area (Å²) < 4.78 is 0. The molecule has 1 aromatic rings. The molecule has 0 amide bonds. The van der Waals surface area contributed by atoms with E-state index in [1.54, 1.807) is 6.07 Å².